The number of nitriles is 1. The third-order valence-electron chi connectivity index (χ3n) is 4.56. The molecule has 8 nitrogen and oxygen atoms in total. The molecule has 2 N–H and O–H groups in total. The van der Waals surface area contributed by atoms with Gasteiger partial charge in [0.15, 0.2) is 6.61 Å². The largest absolute Gasteiger partial charge is 0.484 e. The second-order valence-corrected chi connectivity index (χ2v) is 7.45. The second-order valence-electron chi connectivity index (χ2n) is 6.51. The highest BCUT2D eigenvalue weighted by molar-refractivity contribution is 7.12. The Balaban J connectivity index is 1.36. The average Bonchev–Trinajstić information content (AvgIpc) is 3.31. The summed E-state index contributed by atoms with van der Waals surface area (Å²) in [5.74, 6) is -0.588. The Morgan fingerprint density at radius 1 is 1.14 bits per heavy atom. The first-order chi connectivity index (χ1) is 14.1. The van der Waals surface area contributed by atoms with Crippen molar-refractivity contribution >= 4 is 29.1 Å². The number of carbonyl (C=O) groups is 3. The Hall–Kier alpha value is -3.38. The van der Waals surface area contributed by atoms with Crippen molar-refractivity contribution < 1.29 is 19.1 Å². The summed E-state index contributed by atoms with van der Waals surface area (Å²) in [5.41, 5.74) is 5.25. The van der Waals surface area contributed by atoms with Gasteiger partial charge in [-0.25, -0.2) is 0 Å². The minimum Gasteiger partial charge on any atom is -0.484 e. The third-order valence-corrected chi connectivity index (χ3v) is 5.42. The van der Waals surface area contributed by atoms with Crippen LogP contribution in [0.5, 0.6) is 5.75 Å². The van der Waals surface area contributed by atoms with E-state index >= 15 is 0 Å². The summed E-state index contributed by atoms with van der Waals surface area (Å²) in [6.45, 7) is 0.745. The Labute approximate surface area is 172 Å². The fraction of sp³-hybridized carbons (Fsp3) is 0.300. The Bertz CT molecular complexity index is 898. The molecule has 0 aliphatic carbocycles. The predicted octanol–water partition coefficient (Wildman–Crippen LogP) is 1.70. The van der Waals surface area contributed by atoms with Crippen molar-refractivity contribution in [1.82, 2.24) is 15.8 Å². The SMILES string of the molecule is N#Cc1ccc(OCC(=O)NNC(=O)C2CCN(C(=O)c3cccs3)CC2)cc1. The first kappa shape index (κ1) is 20.4. The smallest absolute Gasteiger partial charge is 0.276 e. The lowest BCUT2D eigenvalue weighted by Gasteiger charge is -2.31. The van der Waals surface area contributed by atoms with Crippen LogP contribution in [0.2, 0.25) is 0 Å². The Kier molecular flexibility index (Phi) is 6.81. The lowest BCUT2D eigenvalue weighted by Crippen LogP contribution is -2.49. The van der Waals surface area contributed by atoms with Gasteiger partial charge in [-0.1, -0.05) is 6.07 Å². The van der Waals surface area contributed by atoms with E-state index in [-0.39, 0.29) is 24.3 Å². The average molecular weight is 412 g/mol. The van der Waals surface area contributed by atoms with Crippen molar-refractivity contribution in [3.8, 4) is 11.8 Å². The van der Waals surface area contributed by atoms with Gasteiger partial charge in [-0.15, -0.1) is 11.3 Å². The molecule has 1 aromatic heterocycles. The maximum absolute atomic E-state index is 12.3. The first-order valence-electron chi connectivity index (χ1n) is 9.11. The van der Waals surface area contributed by atoms with Gasteiger partial charge in [0.1, 0.15) is 5.75 Å². The Morgan fingerprint density at radius 2 is 1.86 bits per heavy atom. The van der Waals surface area contributed by atoms with Crippen LogP contribution in [0.4, 0.5) is 0 Å². The van der Waals surface area contributed by atoms with Crippen molar-refractivity contribution in [3.05, 3.63) is 52.2 Å². The van der Waals surface area contributed by atoms with E-state index in [9.17, 15) is 14.4 Å². The normalized spacial score (nSPS) is 14.0. The monoisotopic (exact) mass is 412 g/mol. The summed E-state index contributed by atoms with van der Waals surface area (Å²) in [6, 6.07) is 12.0. The molecule has 3 rings (SSSR count). The molecular weight excluding hydrogens is 392 g/mol. The van der Waals surface area contributed by atoms with Gasteiger partial charge < -0.3 is 9.64 Å². The maximum Gasteiger partial charge on any atom is 0.276 e. The van der Waals surface area contributed by atoms with E-state index in [1.165, 1.54) is 11.3 Å². The summed E-state index contributed by atoms with van der Waals surface area (Å²) in [4.78, 5) is 38.9. The molecule has 1 fully saturated rings. The molecular formula is C20H20N4O4S. The number of amides is 3. The number of ether oxygens (including phenoxy) is 1. The number of rotatable bonds is 5. The van der Waals surface area contributed by atoms with Gasteiger partial charge in [0.2, 0.25) is 5.91 Å². The number of carbonyl (C=O) groups excluding carboxylic acids is 3. The molecule has 9 heteroatoms. The van der Waals surface area contributed by atoms with Crippen LogP contribution < -0.4 is 15.6 Å². The summed E-state index contributed by atoms with van der Waals surface area (Å²) in [5, 5.41) is 10.6. The fourth-order valence-electron chi connectivity index (χ4n) is 2.94. The van der Waals surface area contributed by atoms with E-state index in [4.69, 9.17) is 10.00 Å². The molecule has 0 bridgehead atoms. The lowest BCUT2D eigenvalue weighted by atomic mass is 9.96. The molecule has 2 aromatic rings. The van der Waals surface area contributed by atoms with E-state index in [2.05, 4.69) is 10.9 Å². The topological polar surface area (TPSA) is 112 Å². The number of likely N-dealkylation sites (tertiary alicyclic amines) is 1. The zero-order valence-electron chi connectivity index (χ0n) is 15.6. The van der Waals surface area contributed by atoms with E-state index in [1.54, 1.807) is 35.2 Å². The molecule has 150 valence electrons. The van der Waals surface area contributed by atoms with Gasteiger partial charge in [-0.3, -0.25) is 25.2 Å². The number of hydrogen-bond donors (Lipinski definition) is 2. The van der Waals surface area contributed by atoms with Crippen LogP contribution in [0.25, 0.3) is 0 Å². The predicted molar refractivity (Wildman–Crippen MR) is 106 cm³/mol. The van der Waals surface area contributed by atoms with Crippen LogP contribution in [0.1, 0.15) is 28.1 Å². The number of piperidine rings is 1. The van der Waals surface area contributed by atoms with Crippen LogP contribution >= 0.6 is 11.3 Å². The van der Waals surface area contributed by atoms with Crippen molar-refractivity contribution in [3.63, 3.8) is 0 Å². The molecule has 1 aromatic carbocycles. The number of hydrazine groups is 1. The zero-order valence-corrected chi connectivity index (χ0v) is 16.4. The van der Waals surface area contributed by atoms with Gasteiger partial charge >= 0.3 is 0 Å². The van der Waals surface area contributed by atoms with Gasteiger partial charge in [0, 0.05) is 19.0 Å². The molecule has 0 spiro atoms. The van der Waals surface area contributed by atoms with Crippen LogP contribution in [0.15, 0.2) is 41.8 Å². The molecule has 1 aliphatic heterocycles. The van der Waals surface area contributed by atoms with Crippen LogP contribution in [0.3, 0.4) is 0 Å². The van der Waals surface area contributed by atoms with E-state index in [1.807, 2.05) is 17.5 Å². The Morgan fingerprint density at radius 3 is 2.48 bits per heavy atom. The van der Waals surface area contributed by atoms with Crippen molar-refractivity contribution in [1.29, 1.82) is 5.26 Å². The van der Waals surface area contributed by atoms with Gasteiger partial charge in [0.25, 0.3) is 11.8 Å². The van der Waals surface area contributed by atoms with Crippen LogP contribution in [-0.4, -0.2) is 42.3 Å². The van der Waals surface area contributed by atoms with E-state index in [0.717, 1.165) is 0 Å². The molecule has 1 saturated heterocycles. The standard InChI is InChI=1S/C20H20N4O4S/c21-12-14-3-5-16(6-4-14)28-13-18(25)22-23-19(26)15-7-9-24(10-8-15)20(27)17-2-1-11-29-17/h1-6,11,15H,7-10,13H2,(H,22,25)(H,23,26). The summed E-state index contributed by atoms with van der Waals surface area (Å²) in [6.07, 6.45) is 1.08. The van der Waals surface area contributed by atoms with E-state index < -0.39 is 5.91 Å². The third kappa shape index (κ3) is 5.56. The van der Waals surface area contributed by atoms with Crippen LogP contribution in [0, 0.1) is 17.2 Å². The van der Waals surface area contributed by atoms with Crippen molar-refractivity contribution in [2.24, 2.45) is 5.92 Å². The summed E-state index contributed by atoms with van der Waals surface area (Å²) in [7, 11) is 0. The molecule has 29 heavy (non-hydrogen) atoms. The highest BCUT2D eigenvalue weighted by atomic mass is 32.1. The van der Waals surface area contributed by atoms with Crippen LogP contribution in [-0.2, 0) is 9.59 Å². The van der Waals surface area contributed by atoms with Crippen molar-refractivity contribution in [2.75, 3.05) is 19.7 Å². The number of hydrogen-bond acceptors (Lipinski definition) is 6. The molecule has 1 aliphatic rings. The number of benzene rings is 1. The highest BCUT2D eigenvalue weighted by Crippen LogP contribution is 2.20. The molecule has 0 atom stereocenters. The minimum atomic E-state index is -0.493. The molecule has 0 unspecified atom stereocenters. The number of nitrogens with zero attached hydrogens (tertiary/aromatic N) is 2. The summed E-state index contributed by atoms with van der Waals surface area (Å²) >= 11 is 1.40. The molecule has 0 radical (unpaired) electrons. The number of thiophene rings is 1. The molecule has 2 heterocycles. The first-order valence-corrected chi connectivity index (χ1v) is 9.99. The highest BCUT2D eigenvalue weighted by Gasteiger charge is 2.28. The summed E-state index contributed by atoms with van der Waals surface area (Å²) < 4.78 is 5.30. The number of nitrogens with one attached hydrogen (secondary N) is 2. The van der Waals surface area contributed by atoms with Gasteiger partial charge in [-0.2, -0.15) is 5.26 Å². The quantitative estimate of drug-likeness (QED) is 0.726. The van der Waals surface area contributed by atoms with Crippen molar-refractivity contribution in [2.45, 2.75) is 12.8 Å². The second kappa shape index (κ2) is 9.71. The molecule has 0 saturated carbocycles. The lowest BCUT2D eigenvalue weighted by molar-refractivity contribution is -0.132. The molecule has 3 amide bonds. The van der Waals surface area contributed by atoms with Gasteiger partial charge in [0.05, 0.1) is 16.5 Å². The maximum atomic E-state index is 12.3. The van der Waals surface area contributed by atoms with Gasteiger partial charge in [-0.05, 0) is 48.6 Å². The van der Waals surface area contributed by atoms with E-state index in [0.29, 0.717) is 42.1 Å². The minimum absolute atomic E-state index is 0.00730. The fourth-order valence-corrected chi connectivity index (χ4v) is 3.64. The zero-order chi connectivity index (χ0) is 20.6.